The van der Waals surface area contributed by atoms with E-state index in [9.17, 15) is 9.18 Å². The van der Waals surface area contributed by atoms with E-state index >= 15 is 0 Å². The summed E-state index contributed by atoms with van der Waals surface area (Å²) in [5, 5.41) is 3.21. The van der Waals surface area contributed by atoms with Crippen LogP contribution in [0.2, 0.25) is 0 Å². The van der Waals surface area contributed by atoms with Crippen LogP contribution >= 0.6 is 0 Å². The quantitative estimate of drug-likeness (QED) is 0.760. The molecule has 1 N–H and O–H groups in total. The monoisotopic (exact) mass is 223 g/mol. The summed E-state index contributed by atoms with van der Waals surface area (Å²) >= 11 is 0. The maximum atomic E-state index is 12.9. The Morgan fingerprint density at radius 1 is 1.38 bits per heavy atom. The number of aromatic nitrogens is 1. The average Bonchev–Trinajstić information content (AvgIpc) is 2.56. The molecule has 0 aliphatic carbocycles. The van der Waals surface area contributed by atoms with E-state index in [4.69, 9.17) is 0 Å². The van der Waals surface area contributed by atoms with Gasteiger partial charge in [0, 0.05) is 25.8 Å². The summed E-state index contributed by atoms with van der Waals surface area (Å²) in [4.78, 5) is 17.4. The molecule has 16 heavy (non-hydrogen) atoms. The lowest BCUT2D eigenvalue weighted by Crippen LogP contribution is -2.34. The van der Waals surface area contributed by atoms with Crippen LogP contribution in [0.5, 0.6) is 0 Å². The fourth-order valence-electron chi connectivity index (χ4n) is 1.76. The topological polar surface area (TPSA) is 45.2 Å². The van der Waals surface area contributed by atoms with Gasteiger partial charge in [0.2, 0.25) is 0 Å². The van der Waals surface area contributed by atoms with Crippen LogP contribution in [0, 0.1) is 5.82 Å². The number of pyridine rings is 1. The molecule has 1 aliphatic heterocycles. The first-order chi connectivity index (χ1) is 7.77. The maximum Gasteiger partial charge on any atom is 0.255 e. The first kappa shape index (κ1) is 11.0. The number of nitrogens with zero attached hydrogens (tertiary/aromatic N) is 2. The highest BCUT2D eigenvalue weighted by molar-refractivity contribution is 5.93. The van der Waals surface area contributed by atoms with Gasteiger partial charge in [-0.1, -0.05) is 0 Å². The molecule has 1 fully saturated rings. The van der Waals surface area contributed by atoms with Crippen molar-refractivity contribution in [3.63, 3.8) is 0 Å². The number of hydrogen-bond acceptors (Lipinski definition) is 3. The molecule has 1 saturated heterocycles. The summed E-state index contributed by atoms with van der Waals surface area (Å²) in [6.07, 6.45) is 3.43. The Labute approximate surface area is 93.5 Å². The second-order valence-corrected chi connectivity index (χ2v) is 3.79. The van der Waals surface area contributed by atoms with Gasteiger partial charge >= 0.3 is 0 Å². The average molecular weight is 223 g/mol. The SMILES string of the molecule is O=C(c1cncc(F)c1)N1CCCNCC1. The second kappa shape index (κ2) is 5.03. The van der Waals surface area contributed by atoms with Gasteiger partial charge in [-0.05, 0) is 19.0 Å². The van der Waals surface area contributed by atoms with Crippen LogP contribution in [0.1, 0.15) is 16.8 Å². The molecule has 2 rings (SSSR count). The summed E-state index contributed by atoms with van der Waals surface area (Å²) in [6.45, 7) is 3.08. The highest BCUT2D eigenvalue weighted by Crippen LogP contribution is 2.07. The van der Waals surface area contributed by atoms with Gasteiger partial charge in [0.05, 0.1) is 11.8 Å². The molecule has 0 saturated carbocycles. The van der Waals surface area contributed by atoms with Crippen LogP contribution in [0.25, 0.3) is 0 Å². The summed E-state index contributed by atoms with van der Waals surface area (Å²) in [5.41, 5.74) is 0.321. The smallest absolute Gasteiger partial charge is 0.255 e. The Morgan fingerprint density at radius 2 is 2.25 bits per heavy atom. The number of hydrogen-bond donors (Lipinski definition) is 1. The van der Waals surface area contributed by atoms with E-state index in [1.54, 1.807) is 4.90 Å². The van der Waals surface area contributed by atoms with Crippen molar-refractivity contribution in [2.24, 2.45) is 0 Å². The van der Waals surface area contributed by atoms with Crippen molar-refractivity contribution in [3.05, 3.63) is 29.8 Å². The van der Waals surface area contributed by atoms with Crippen molar-refractivity contribution in [1.29, 1.82) is 0 Å². The molecular formula is C11H14FN3O. The van der Waals surface area contributed by atoms with Crippen LogP contribution < -0.4 is 5.32 Å². The number of nitrogens with one attached hydrogen (secondary N) is 1. The van der Waals surface area contributed by atoms with Gasteiger partial charge in [-0.15, -0.1) is 0 Å². The molecule has 0 aromatic carbocycles. The molecule has 0 radical (unpaired) electrons. The van der Waals surface area contributed by atoms with E-state index in [0.29, 0.717) is 18.7 Å². The van der Waals surface area contributed by atoms with Crippen LogP contribution in [0.4, 0.5) is 4.39 Å². The second-order valence-electron chi connectivity index (χ2n) is 3.79. The third-order valence-corrected chi connectivity index (χ3v) is 2.58. The van der Waals surface area contributed by atoms with Gasteiger partial charge < -0.3 is 10.2 Å². The fraction of sp³-hybridized carbons (Fsp3) is 0.455. The van der Waals surface area contributed by atoms with Gasteiger partial charge in [0.25, 0.3) is 5.91 Å². The zero-order chi connectivity index (χ0) is 11.4. The van der Waals surface area contributed by atoms with E-state index in [0.717, 1.165) is 25.7 Å². The molecule has 86 valence electrons. The number of amides is 1. The summed E-state index contributed by atoms with van der Waals surface area (Å²) in [7, 11) is 0. The number of halogens is 1. The highest BCUT2D eigenvalue weighted by Gasteiger charge is 2.17. The number of rotatable bonds is 1. The molecular weight excluding hydrogens is 209 g/mol. The van der Waals surface area contributed by atoms with Crippen molar-refractivity contribution >= 4 is 5.91 Å². The Hall–Kier alpha value is -1.49. The predicted molar refractivity (Wildman–Crippen MR) is 57.6 cm³/mol. The molecule has 1 aromatic heterocycles. The normalized spacial score (nSPS) is 16.9. The Balaban J connectivity index is 2.11. The van der Waals surface area contributed by atoms with Crippen LogP contribution in [-0.2, 0) is 0 Å². The summed E-state index contributed by atoms with van der Waals surface area (Å²) in [5.74, 6) is -0.616. The molecule has 2 heterocycles. The molecule has 5 heteroatoms. The molecule has 1 aliphatic rings. The fourth-order valence-corrected chi connectivity index (χ4v) is 1.76. The zero-order valence-electron chi connectivity index (χ0n) is 8.95. The van der Waals surface area contributed by atoms with E-state index in [1.807, 2.05) is 0 Å². The Morgan fingerprint density at radius 3 is 3.06 bits per heavy atom. The van der Waals surface area contributed by atoms with Crippen molar-refractivity contribution < 1.29 is 9.18 Å². The molecule has 1 aromatic rings. The van der Waals surface area contributed by atoms with Gasteiger partial charge in [0.15, 0.2) is 0 Å². The van der Waals surface area contributed by atoms with Crippen LogP contribution in [0.15, 0.2) is 18.5 Å². The lowest BCUT2D eigenvalue weighted by Gasteiger charge is -2.19. The molecule has 0 atom stereocenters. The van der Waals surface area contributed by atoms with E-state index in [2.05, 4.69) is 10.3 Å². The molecule has 0 spiro atoms. The molecule has 1 amide bonds. The predicted octanol–water partition coefficient (Wildman–Crippen LogP) is 0.656. The zero-order valence-corrected chi connectivity index (χ0v) is 8.95. The van der Waals surface area contributed by atoms with Gasteiger partial charge in [-0.25, -0.2) is 4.39 Å². The highest BCUT2D eigenvalue weighted by atomic mass is 19.1. The van der Waals surface area contributed by atoms with Gasteiger partial charge in [0.1, 0.15) is 5.82 Å². The van der Waals surface area contributed by atoms with Gasteiger partial charge in [-0.2, -0.15) is 0 Å². The van der Waals surface area contributed by atoms with E-state index in [-0.39, 0.29) is 5.91 Å². The third kappa shape index (κ3) is 2.55. The maximum absolute atomic E-state index is 12.9. The van der Waals surface area contributed by atoms with E-state index < -0.39 is 5.82 Å². The van der Waals surface area contributed by atoms with Crippen molar-refractivity contribution in [1.82, 2.24) is 15.2 Å². The Kier molecular flexibility index (Phi) is 3.46. The third-order valence-electron chi connectivity index (χ3n) is 2.58. The minimum Gasteiger partial charge on any atom is -0.337 e. The van der Waals surface area contributed by atoms with Crippen LogP contribution in [-0.4, -0.2) is 42.0 Å². The lowest BCUT2D eigenvalue weighted by molar-refractivity contribution is 0.0765. The molecule has 0 bridgehead atoms. The first-order valence-corrected chi connectivity index (χ1v) is 5.38. The number of carbonyl (C=O) groups excluding carboxylic acids is 1. The minimum absolute atomic E-state index is 0.143. The van der Waals surface area contributed by atoms with Crippen molar-refractivity contribution in [2.45, 2.75) is 6.42 Å². The summed E-state index contributed by atoms with van der Waals surface area (Å²) < 4.78 is 12.9. The molecule has 0 unspecified atom stereocenters. The first-order valence-electron chi connectivity index (χ1n) is 5.38. The number of carbonyl (C=O) groups is 1. The minimum atomic E-state index is -0.473. The largest absolute Gasteiger partial charge is 0.337 e. The Bertz CT molecular complexity index is 375. The molecule has 4 nitrogen and oxygen atoms in total. The van der Waals surface area contributed by atoms with Crippen molar-refractivity contribution in [2.75, 3.05) is 26.2 Å². The van der Waals surface area contributed by atoms with Gasteiger partial charge in [-0.3, -0.25) is 9.78 Å². The summed E-state index contributed by atoms with van der Waals surface area (Å²) in [6, 6.07) is 1.23. The van der Waals surface area contributed by atoms with Crippen LogP contribution in [0.3, 0.4) is 0 Å². The standard InChI is InChI=1S/C11H14FN3O/c12-10-6-9(7-14-8-10)11(16)15-4-1-2-13-3-5-15/h6-8,13H,1-5H2. The van der Waals surface area contributed by atoms with Crippen molar-refractivity contribution in [3.8, 4) is 0 Å². The van der Waals surface area contributed by atoms with E-state index in [1.165, 1.54) is 12.3 Å². The lowest BCUT2D eigenvalue weighted by atomic mass is 10.2.